The summed E-state index contributed by atoms with van der Waals surface area (Å²) in [5.74, 6) is 0. The van der Waals surface area contributed by atoms with Gasteiger partial charge in [-0.25, -0.2) is 0 Å². The standard InChI is InChI=1S/C13H12N2S/c1-8-5-3-4-6-10(8)13-9(2)12(15)11(7-14)16-13/h3-6H,15H2,1-2H3. The molecule has 0 atom stereocenters. The molecule has 1 heterocycles. The predicted octanol–water partition coefficient (Wildman–Crippen LogP) is 3.49. The number of hydrogen-bond donors (Lipinski definition) is 1. The summed E-state index contributed by atoms with van der Waals surface area (Å²) in [7, 11) is 0. The number of nitrogen functional groups attached to an aromatic ring is 1. The van der Waals surface area contributed by atoms with Crippen molar-refractivity contribution in [1.82, 2.24) is 0 Å². The highest BCUT2D eigenvalue weighted by molar-refractivity contribution is 7.16. The van der Waals surface area contributed by atoms with Gasteiger partial charge in [0.1, 0.15) is 10.9 Å². The van der Waals surface area contributed by atoms with Crippen molar-refractivity contribution in [2.75, 3.05) is 5.73 Å². The van der Waals surface area contributed by atoms with Crippen LogP contribution in [-0.2, 0) is 0 Å². The van der Waals surface area contributed by atoms with E-state index in [1.54, 1.807) is 0 Å². The van der Waals surface area contributed by atoms with Crippen LogP contribution >= 0.6 is 11.3 Å². The summed E-state index contributed by atoms with van der Waals surface area (Å²) in [6.45, 7) is 4.03. The lowest BCUT2D eigenvalue weighted by atomic mass is 10.0. The number of nitriles is 1. The molecule has 2 aromatic rings. The van der Waals surface area contributed by atoms with Gasteiger partial charge in [-0.1, -0.05) is 24.3 Å². The summed E-state index contributed by atoms with van der Waals surface area (Å²) in [6, 6.07) is 10.3. The molecule has 2 N–H and O–H groups in total. The molecule has 0 fully saturated rings. The van der Waals surface area contributed by atoms with Crippen molar-refractivity contribution in [2.45, 2.75) is 13.8 Å². The average molecular weight is 228 g/mol. The fourth-order valence-electron chi connectivity index (χ4n) is 1.69. The summed E-state index contributed by atoms with van der Waals surface area (Å²) >= 11 is 1.47. The van der Waals surface area contributed by atoms with Crippen molar-refractivity contribution in [3.63, 3.8) is 0 Å². The zero-order valence-corrected chi connectivity index (χ0v) is 10.1. The number of rotatable bonds is 1. The van der Waals surface area contributed by atoms with Crippen LogP contribution in [0.3, 0.4) is 0 Å². The van der Waals surface area contributed by atoms with Gasteiger partial charge in [0.05, 0.1) is 5.69 Å². The minimum Gasteiger partial charge on any atom is -0.397 e. The van der Waals surface area contributed by atoms with Gasteiger partial charge in [-0.05, 0) is 30.5 Å². The molecule has 80 valence electrons. The first-order chi connectivity index (χ1) is 7.65. The molecule has 0 saturated heterocycles. The fraction of sp³-hybridized carbons (Fsp3) is 0.154. The number of thiophene rings is 1. The van der Waals surface area contributed by atoms with Gasteiger partial charge in [0.2, 0.25) is 0 Å². The zero-order valence-electron chi connectivity index (χ0n) is 9.24. The quantitative estimate of drug-likeness (QED) is 0.812. The van der Waals surface area contributed by atoms with E-state index >= 15 is 0 Å². The van der Waals surface area contributed by atoms with Crippen LogP contribution in [-0.4, -0.2) is 0 Å². The van der Waals surface area contributed by atoms with Gasteiger partial charge in [0, 0.05) is 4.88 Å². The van der Waals surface area contributed by atoms with Crippen LogP contribution in [0.15, 0.2) is 24.3 Å². The van der Waals surface area contributed by atoms with E-state index < -0.39 is 0 Å². The number of nitrogens with two attached hydrogens (primary N) is 1. The van der Waals surface area contributed by atoms with Crippen molar-refractivity contribution in [3.8, 4) is 16.5 Å². The van der Waals surface area contributed by atoms with Crippen molar-refractivity contribution in [2.24, 2.45) is 0 Å². The second-order valence-corrected chi connectivity index (χ2v) is 4.75. The molecule has 0 aliphatic rings. The van der Waals surface area contributed by atoms with E-state index in [0.717, 1.165) is 10.4 Å². The molecule has 0 amide bonds. The van der Waals surface area contributed by atoms with Crippen molar-refractivity contribution < 1.29 is 0 Å². The maximum atomic E-state index is 8.95. The Hall–Kier alpha value is -1.79. The Labute approximate surface area is 99.0 Å². The van der Waals surface area contributed by atoms with Gasteiger partial charge in [-0.2, -0.15) is 5.26 Å². The third-order valence-corrected chi connectivity index (χ3v) is 3.93. The Morgan fingerprint density at radius 1 is 1.25 bits per heavy atom. The Morgan fingerprint density at radius 3 is 2.50 bits per heavy atom. The first-order valence-corrected chi connectivity index (χ1v) is 5.81. The van der Waals surface area contributed by atoms with Gasteiger partial charge < -0.3 is 5.73 Å². The molecular formula is C13H12N2S. The van der Waals surface area contributed by atoms with E-state index in [2.05, 4.69) is 25.1 Å². The molecule has 0 aliphatic carbocycles. The van der Waals surface area contributed by atoms with Gasteiger partial charge in [0.15, 0.2) is 0 Å². The summed E-state index contributed by atoms with van der Waals surface area (Å²) in [5.41, 5.74) is 9.89. The first-order valence-electron chi connectivity index (χ1n) is 5.00. The third kappa shape index (κ3) is 1.58. The Balaban J connectivity index is 2.67. The molecule has 2 nitrogen and oxygen atoms in total. The van der Waals surface area contributed by atoms with Gasteiger partial charge in [-0.3, -0.25) is 0 Å². The summed E-state index contributed by atoms with van der Waals surface area (Å²) < 4.78 is 0. The van der Waals surface area contributed by atoms with Crippen molar-refractivity contribution >= 4 is 17.0 Å². The van der Waals surface area contributed by atoms with Crippen LogP contribution in [0.2, 0.25) is 0 Å². The van der Waals surface area contributed by atoms with Crippen LogP contribution in [0.5, 0.6) is 0 Å². The van der Waals surface area contributed by atoms with Crippen molar-refractivity contribution in [1.29, 1.82) is 5.26 Å². The predicted molar refractivity (Wildman–Crippen MR) is 68.4 cm³/mol. The first kappa shape index (κ1) is 10.7. The zero-order chi connectivity index (χ0) is 11.7. The smallest absolute Gasteiger partial charge is 0.128 e. The number of nitrogens with zero attached hydrogens (tertiary/aromatic N) is 1. The van der Waals surface area contributed by atoms with Crippen LogP contribution < -0.4 is 5.73 Å². The lowest BCUT2D eigenvalue weighted by molar-refractivity contribution is 1.45. The molecule has 0 unspecified atom stereocenters. The second-order valence-electron chi connectivity index (χ2n) is 3.73. The largest absolute Gasteiger partial charge is 0.397 e. The third-order valence-electron chi connectivity index (χ3n) is 2.68. The highest BCUT2D eigenvalue weighted by Gasteiger charge is 2.14. The van der Waals surface area contributed by atoms with Crippen LogP contribution in [0.25, 0.3) is 10.4 Å². The van der Waals surface area contributed by atoms with Crippen LogP contribution in [0.1, 0.15) is 16.0 Å². The minimum absolute atomic E-state index is 0.607. The summed E-state index contributed by atoms with van der Waals surface area (Å²) in [5, 5.41) is 8.95. The topological polar surface area (TPSA) is 49.8 Å². The van der Waals surface area contributed by atoms with E-state index in [4.69, 9.17) is 11.0 Å². The van der Waals surface area contributed by atoms with E-state index in [0.29, 0.717) is 10.6 Å². The molecule has 0 aliphatic heterocycles. The van der Waals surface area contributed by atoms with Crippen LogP contribution in [0.4, 0.5) is 5.69 Å². The van der Waals surface area contributed by atoms with Gasteiger partial charge >= 0.3 is 0 Å². The number of benzene rings is 1. The van der Waals surface area contributed by atoms with E-state index in [1.807, 2.05) is 19.1 Å². The molecule has 16 heavy (non-hydrogen) atoms. The fourth-order valence-corrected chi connectivity index (χ4v) is 2.81. The highest BCUT2D eigenvalue weighted by Crippen LogP contribution is 2.38. The highest BCUT2D eigenvalue weighted by atomic mass is 32.1. The molecule has 0 saturated carbocycles. The van der Waals surface area contributed by atoms with E-state index in [9.17, 15) is 0 Å². The molecular weight excluding hydrogens is 216 g/mol. The van der Waals surface area contributed by atoms with E-state index in [-0.39, 0.29) is 0 Å². The maximum absolute atomic E-state index is 8.95. The molecule has 0 spiro atoms. The van der Waals surface area contributed by atoms with E-state index in [1.165, 1.54) is 22.5 Å². The summed E-state index contributed by atoms with van der Waals surface area (Å²) in [4.78, 5) is 1.71. The molecule has 1 aromatic heterocycles. The minimum atomic E-state index is 0.607. The molecule has 1 aromatic carbocycles. The molecule has 2 rings (SSSR count). The number of hydrogen-bond acceptors (Lipinski definition) is 3. The molecule has 3 heteroatoms. The second kappa shape index (κ2) is 3.99. The normalized spacial score (nSPS) is 10.1. The molecule has 0 radical (unpaired) electrons. The lowest BCUT2D eigenvalue weighted by Crippen LogP contribution is -1.88. The lowest BCUT2D eigenvalue weighted by Gasteiger charge is -2.03. The SMILES string of the molecule is Cc1ccccc1-c1sc(C#N)c(N)c1C. The Bertz CT molecular complexity index is 576. The number of aryl methyl sites for hydroxylation is 1. The maximum Gasteiger partial charge on any atom is 0.128 e. The summed E-state index contributed by atoms with van der Waals surface area (Å²) in [6.07, 6.45) is 0. The van der Waals surface area contributed by atoms with Crippen molar-refractivity contribution in [3.05, 3.63) is 40.3 Å². The van der Waals surface area contributed by atoms with Crippen LogP contribution in [0, 0.1) is 25.2 Å². The monoisotopic (exact) mass is 228 g/mol. The Kier molecular flexibility index (Phi) is 2.67. The van der Waals surface area contributed by atoms with Gasteiger partial charge in [0.25, 0.3) is 0 Å². The average Bonchev–Trinajstić information content (AvgIpc) is 2.57. The number of anilines is 1. The molecule has 0 bridgehead atoms. The Morgan fingerprint density at radius 2 is 1.94 bits per heavy atom. The van der Waals surface area contributed by atoms with Gasteiger partial charge in [-0.15, -0.1) is 11.3 Å².